The number of rotatable bonds is 13. The number of nitriles is 1. The molecule has 14 heteroatoms. The Morgan fingerprint density at radius 2 is 1.08 bits per heavy atom. The van der Waals surface area contributed by atoms with Crippen LogP contribution in [0.1, 0.15) is 95.7 Å². The van der Waals surface area contributed by atoms with Gasteiger partial charge in [-0.3, -0.25) is 9.59 Å². The molecule has 4 aromatic rings. The summed E-state index contributed by atoms with van der Waals surface area (Å²) in [6.45, 7) is 8.55. The van der Waals surface area contributed by atoms with Crippen molar-refractivity contribution in [2.75, 3.05) is 40.4 Å². The first-order valence-corrected chi connectivity index (χ1v) is 23.9. The van der Waals surface area contributed by atoms with Gasteiger partial charge in [-0.25, -0.2) is 13.6 Å². The maximum atomic E-state index is 13.3. The van der Waals surface area contributed by atoms with Crippen molar-refractivity contribution in [1.29, 1.82) is 5.26 Å². The van der Waals surface area contributed by atoms with Gasteiger partial charge in [-0.15, -0.1) is 0 Å². The third kappa shape index (κ3) is 14.5. The summed E-state index contributed by atoms with van der Waals surface area (Å²) in [6.07, 6.45) is 2.75. The van der Waals surface area contributed by atoms with Crippen LogP contribution >= 0.6 is 0 Å². The van der Waals surface area contributed by atoms with E-state index in [1.807, 2.05) is 36.7 Å². The van der Waals surface area contributed by atoms with Crippen LogP contribution in [-0.2, 0) is 22.1 Å². The molecule has 11 nitrogen and oxygen atoms in total. The molecule has 2 unspecified atom stereocenters. The number of aliphatic carboxylic acids is 1. The number of ether oxygens (including phenoxy) is 2. The van der Waals surface area contributed by atoms with Crippen LogP contribution in [0.2, 0.25) is 19.6 Å². The molecule has 2 aliphatic rings. The van der Waals surface area contributed by atoms with E-state index in [2.05, 4.69) is 6.07 Å². The Kier molecular flexibility index (Phi) is 19.5. The van der Waals surface area contributed by atoms with Gasteiger partial charge in [0.1, 0.15) is 23.1 Å². The molecule has 0 saturated carbocycles. The largest absolute Gasteiger partial charge is 0.496 e. The van der Waals surface area contributed by atoms with E-state index >= 15 is 0 Å². The van der Waals surface area contributed by atoms with Crippen LogP contribution in [0.15, 0.2) is 84.9 Å². The number of carboxylic acids is 1. The lowest BCUT2D eigenvalue weighted by Gasteiger charge is -2.32. The number of carbonyl (C=O) groups excluding carboxylic acids is 2. The number of nitrogens with zero attached hydrogens (tertiary/aromatic N) is 3. The summed E-state index contributed by atoms with van der Waals surface area (Å²) in [6, 6.07) is 24.9. The summed E-state index contributed by atoms with van der Waals surface area (Å²) in [5, 5.41) is 28.4. The highest BCUT2D eigenvalue weighted by atomic mass is 28.4. The van der Waals surface area contributed by atoms with Gasteiger partial charge in [0.25, 0.3) is 11.8 Å². The average molecular weight is 888 g/mol. The van der Waals surface area contributed by atoms with Crippen molar-refractivity contribution in [1.82, 2.24) is 9.80 Å². The second-order valence-corrected chi connectivity index (χ2v) is 21.0. The van der Waals surface area contributed by atoms with Crippen LogP contribution < -0.4 is 9.47 Å². The second kappa shape index (κ2) is 23.7. The molecule has 2 fully saturated rings. The number of piperidine rings is 2. The van der Waals surface area contributed by atoms with Gasteiger partial charge in [-0.2, -0.15) is 5.26 Å². The number of hydrogen-bond acceptors (Lipinski definition) is 8. The fourth-order valence-corrected chi connectivity index (χ4v) is 8.61. The van der Waals surface area contributed by atoms with Crippen molar-refractivity contribution in [2.24, 2.45) is 11.8 Å². The lowest BCUT2D eigenvalue weighted by atomic mass is 9.90. The number of likely N-dealkylation sites (tertiary alicyclic amines) is 2. The zero-order valence-corrected chi connectivity index (χ0v) is 36.4. The van der Waals surface area contributed by atoms with Crippen LogP contribution in [0.25, 0.3) is 0 Å². The van der Waals surface area contributed by atoms with Gasteiger partial charge in [0.05, 0.1) is 31.4 Å². The molecular weight excluding hydrogens is 825 g/mol. The number of aliphatic hydroxyl groups excluding tert-OH is 1. The van der Waals surface area contributed by atoms with E-state index in [-0.39, 0.29) is 49.4 Å². The lowest BCUT2D eigenvalue weighted by Crippen LogP contribution is -2.39. The third-order valence-corrected chi connectivity index (χ3v) is 12.0. The smallest absolute Gasteiger partial charge is 0.337 e. The van der Waals surface area contributed by atoms with E-state index in [4.69, 9.17) is 19.0 Å². The normalized spacial score (nSPS) is 15.3. The van der Waals surface area contributed by atoms with Gasteiger partial charge in [-0.1, -0.05) is 51.3 Å². The molecule has 6 rings (SSSR count). The predicted molar refractivity (Wildman–Crippen MR) is 242 cm³/mol. The van der Waals surface area contributed by atoms with Crippen molar-refractivity contribution in [3.63, 3.8) is 0 Å². The summed E-state index contributed by atoms with van der Waals surface area (Å²) in [4.78, 5) is 40.9. The zero-order valence-electron chi connectivity index (χ0n) is 35.4. The minimum Gasteiger partial charge on any atom is -0.496 e. The first kappa shape index (κ1) is 51.7. The summed E-state index contributed by atoms with van der Waals surface area (Å²) in [5.41, 5.74) is 3.70. The van der Waals surface area contributed by atoms with Gasteiger partial charge < -0.3 is 33.9 Å². The Labute approximate surface area is 372 Å². The highest BCUT2D eigenvalue weighted by Crippen LogP contribution is 2.31. The molecule has 2 saturated heterocycles. The minimum absolute atomic E-state index is 0. The number of benzene rings is 4. The highest BCUT2D eigenvalue weighted by molar-refractivity contribution is 6.69. The zero-order chi connectivity index (χ0) is 44.3. The van der Waals surface area contributed by atoms with Crippen LogP contribution in [-0.4, -0.2) is 86.5 Å². The fraction of sp³-hybridized carbons (Fsp3) is 0.429. The average Bonchev–Trinajstić information content (AvgIpc) is 3.26. The predicted octanol–water partition coefficient (Wildman–Crippen LogP) is 9.66. The Morgan fingerprint density at radius 1 is 0.698 bits per heavy atom. The molecule has 4 aromatic carbocycles. The molecule has 63 heavy (non-hydrogen) atoms. The molecule has 2 heterocycles. The van der Waals surface area contributed by atoms with Crippen LogP contribution in [0.4, 0.5) is 8.78 Å². The van der Waals surface area contributed by atoms with E-state index in [1.165, 1.54) is 49.6 Å². The van der Waals surface area contributed by atoms with Crippen molar-refractivity contribution in [3.8, 4) is 17.6 Å². The summed E-state index contributed by atoms with van der Waals surface area (Å²) >= 11 is 0. The molecule has 0 aromatic heterocycles. The molecule has 340 valence electrons. The summed E-state index contributed by atoms with van der Waals surface area (Å²) in [5.74, 6) is -0.484. The molecule has 0 bridgehead atoms. The van der Waals surface area contributed by atoms with Crippen LogP contribution in [0, 0.1) is 34.8 Å². The van der Waals surface area contributed by atoms with Crippen molar-refractivity contribution < 1.29 is 47.3 Å². The molecule has 0 aliphatic carbocycles. The number of methoxy groups -OCH3 is 2. The number of carboxylic acid groups (broad SMARTS) is 1. The molecule has 2 N–H and O–H groups in total. The second-order valence-electron chi connectivity index (χ2n) is 16.5. The Hall–Kier alpha value is -5.62. The maximum Gasteiger partial charge on any atom is 0.337 e. The Morgan fingerprint density at radius 3 is 1.43 bits per heavy atom. The quantitative estimate of drug-likeness (QED) is 0.125. The van der Waals surface area contributed by atoms with E-state index in [9.17, 15) is 33.5 Å². The number of halogens is 2. The first-order chi connectivity index (χ1) is 29.1. The molecular formula is C49H63F2N3O8Si. The van der Waals surface area contributed by atoms with E-state index < -0.39 is 26.5 Å². The third-order valence-electron chi connectivity index (χ3n) is 11.0. The molecule has 2 amide bonds. The SMILES string of the molecule is C.C.COc1ccc(C(C#N)O[Si](C)(C)C)cc1C(=O)N1CCC(Cc2ccc(F)cc2)CC1.COc1ccc(C(O)C(=O)O)cc1C(=O)N1CCC(Cc2ccc(F)cc2)CC1. The van der Waals surface area contributed by atoms with E-state index in [1.54, 1.807) is 42.3 Å². The van der Waals surface area contributed by atoms with Crippen molar-refractivity contribution in [3.05, 3.63) is 130 Å². The monoisotopic (exact) mass is 887 g/mol. The summed E-state index contributed by atoms with van der Waals surface area (Å²) in [7, 11) is 1.05. The van der Waals surface area contributed by atoms with Crippen molar-refractivity contribution in [2.45, 2.75) is 85.2 Å². The molecule has 0 spiro atoms. The molecule has 2 atom stereocenters. The van der Waals surface area contributed by atoms with Gasteiger partial charge in [0, 0.05) is 26.2 Å². The number of hydrogen-bond donors (Lipinski definition) is 2. The van der Waals surface area contributed by atoms with Crippen molar-refractivity contribution >= 4 is 26.1 Å². The standard InChI is InChI=1S/C25H31FN2O3Si.C22H24FNO5.2CH4/c1-30-23-10-7-20(24(17-27)31-32(2,3)4)16-22(23)25(29)28-13-11-19(12-14-28)15-18-5-8-21(26)9-6-18;1-29-19-7-4-16(20(25)22(27)28)13-18(19)21(26)24-10-8-15(9-11-24)12-14-2-5-17(23)6-3-14;;/h5-10,16,19,24H,11-15H2,1-4H3;2-7,13,15,20,25H,8-12H2,1H3,(H,27,28);2*1H4. The summed E-state index contributed by atoms with van der Waals surface area (Å²) < 4.78 is 42.9. The van der Waals surface area contributed by atoms with Gasteiger partial charge in [-0.05, 0) is 141 Å². The van der Waals surface area contributed by atoms with Crippen LogP contribution in [0.5, 0.6) is 11.5 Å². The van der Waals surface area contributed by atoms with E-state index in [0.29, 0.717) is 60.6 Å². The Balaban J connectivity index is 0.000000326. The number of carbonyl (C=O) groups is 3. The Bertz CT molecular complexity index is 2160. The minimum atomic E-state index is -1.94. The van der Waals surface area contributed by atoms with Gasteiger partial charge in [0.2, 0.25) is 0 Å². The maximum absolute atomic E-state index is 13.3. The number of amides is 2. The van der Waals surface area contributed by atoms with Crippen LogP contribution in [0.3, 0.4) is 0 Å². The molecule has 0 radical (unpaired) electrons. The van der Waals surface area contributed by atoms with Gasteiger partial charge >= 0.3 is 5.97 Å². The molecule has 2 aliphatic heterocycles. The topological polar surface area (TPSA) is 150 Å². The van der Waals surface area contributed by atoms with Gasteiger partial charge in [0.15, 0.2) is 20.5 Å². The first-order valence-electron chi connectivity index (χ1n) is 20.5. The lowest BCUT2D eigenvalue weighted by molar-refractivity contribution is -0.146. The number of aliphatic hydroxyl groups is 1. The highest BCUT2D eigenvalue weighted by Gasteiger charge is 2.30. The fourth-order valence-electron chi connectivity index (χ4n) is 7.71. The van der Waals surface area contributed by atoms with E-state index in [0.717, 1.165) is 49.7 Å².